The van der Waals surface area contributed by atoms with Crippen molar-refractivity contribution < 1.29 is 4.79 Å². The van der Waals surface area contributed by atoms with E-state index in [4.69, 9.17) is 0 Å². The van der Waals surface area contributed by atoms with E-state index in [1.807, 2.05) is 31.2 Å². The van der Waals surface area contributed by atoms with Crippen LogP contribution in [0.2, 0.25) is 0 Å². The summed E-state index contributed by atoms with van der Waals surface area (Å²) in [7, 11) is 0. The minimum absolute atomic E-state index is 0.0269. The fourth-order valence-corrected chi connectivity index (χ4v) is 2.66. The van der Waals surface area contributed by atoms with Gasteiger partial charge in [0.15, 0.2) is 0 Å². The molecule has 1 aromatic carbocycles. The summed E-state index contributed by atoms with van der Waals surface area (Å²) in [5.41, 5.74) is 1.86. The second-order valence-corrected chi connectivity index (χ2v) is 5.23. The molecule has 0 aromatic heterocycles. The third-order valence-electron chi connectivity index (χ3n) is 2.57. The number of aryl methyl sites for hydroxylation is 1. The summed E-state index contributed by atoms with van der Waals surface area (Å²) in [4.78, 5) is 12.0. The van der Waals surface area contributed by atoms with Crippen molar-refractivity contribution in [3.63, 3.8) is 0 Å². The van der Waals surface area contributed by atoms with Crippen molar-refractivity contribution in [2.45, 2.75) is 26.8 Å². The van der Waals surface area contributed by atoms with Crippen molar-refractivity contribution in [1.82, 2.24) is 5.32 Å². The number of carbonyl (C=O) groups excluding carboxylic acids is 1. The zero-order valence-corrected chi connectivity index (χ0v) is 12.1. The van der Waals surface area contributed by atoms with Crippen molar-refractivity contribution in [2.24, 2.45) is 5.92 Å². The molecular formula is C13H18INO. The number of carbonyl (C=O) groups is 1. The maximum atomic E-state index is 12.0. The number of amides is 1. The molecule has 0 spiro atoms. The summed E-state index contributed by atoms with van der Waals surface area (Å²) >= 11 is 2.31. The molecule has 0 saturated carbocycles. The van der Waals surface area contributed by atoms with Gasteiger partial charge in [-0.2, -0.15) is 0 Å². The lowest BCUT2D eigenvalue weighted by Gasteiger charge is -2.20. The minimum Gasteiger partial charge on any atom is -0.348 e. The first-order chi connectivity index (χ1) is 7.54. The highest BCUT2D eigenvalue weighted by Gasteiger charge is 2.15. The van der Waals surface area contributed by atoms with E-state index in [-0.39, 0.29) is 11.9 Å². The molecule has 0 aliphatic rings. The molecule has 3 heteroatoms. The molecule has 16 heavy (non-hydrogen) atoms. The van der Waals surface area contributed by atoms with Crippen LogP contribution in [0.5, 0.6) is 0 Å². The van der Waals surface area contributed by atoms with Crippen molar-refractivity contribution >= 4 is 28.5 Å². The molecule has 2 nitrogen and oxygen atoms in total. The number of hydrogen-bond donors (Lipinski definition) is 1. The Balaban J connectivity index is 2.72. The van der Waals surface area contributed by atoms with Gasteiger partial charge in [-0.1, -0.05) is 54.1 Å². The van der Waals surface area contributed by atoms with E-state index in [0.717, 1.165) is 15.6 Å². The van der Waals surface area contributed by atoms with E-state index in [1.165, 1.54) is 0 Å². The SMILES string of the molecule is Cc1cccc(C(=O)NC(CI)C(C)C)c1. The van der Waals surface area contributed by atoms with Gasteiger partial charge >= 0.3 is 0 Å². The Labute approximate surface area is 111 Å². The highest BCUT2D eigenvalue weighted by atomic mass is 127. The van der Waals surface area contributed by atoms with Crippen molar-refractivity contribution in [3.05, 3.63) is 35.4 Å². The van der Waals surface area contributed by atoms with Gasteiger partial charge in [-0.3, -0.25) is 4.79 Å². The number of halogens is 1. The van der Waals surface area contributed by atoms with Crippen LogP contribution >= 0.6 is 22.6 Å². The minimum atomic E-state index is 0.0269. The van der Waals surface area contributed by atoms with Gasteiger partial charge in [0.25, 0.3) is 5.91 Å². The van der Waals surface area contributed by atoms with Gasteiger partial charge in [0.2, 0.25) is 0 Å². The van der Waals surface area contributed by atoms with Gasteiger partial charge in [-0.05, 0) is 25.0 Å². The van der Waals surface area contributed by atoms with E-state index >= 15 is 0 Å². The Morgan fingerprint density at radius 3 is 2.62 bits per heavy atom. The summed E-state index contributed by atoms with van der Waals surface area (Å²) in [6, 6.07) is 7.93. The van der Waals surface area contributed by atoms with Crippen molar-refractivity contribution in [3.8, 4) is 0 Å². The van der Waals surface area contributed by atoms with Gasteiger partial charge in [-0.15, -0.1) is 0 Å². The molecule has 0 fully saturated rings. The van der Waals surface area contributed by atoms with Crippen molar-refractivity contribution in [2.75, 3.05) is 4.43 Å². The molecule has 1 rings (SSSR count). The lowest BCUT2D eigenvalue weighted by Crippen LogP contribution is -2.39. The first-order valence-corrected chi connectivity index (χ1v) is 7.00. The normalized spacial score (nSPS) is 12.6. The van der Waals surface area contributed by atoms with E-state index in [9.17, 15) is 4.79 Å². The van der Waals surface area contributed by atoms with E-state index in [0.29, 0.717) is 5.92 Å². The van der Waals surface area contributed by atoms with Gasteiger partial charge in [0, 0.05) is 16.0 Å². The smallest absolute Gasteiger partial charge is 0.251 e. The van der Waals surface area contributed by atoms with Crippen LogP contribution < -0.4 is 5.32 Å². The van der Waals surface area contributed by atoms with Gasteiger partial charge < -0.3 is 5.32 Å². The van der Waals surface area contributed by atoms with Gasteiger partial charge in [-0.25, -0.2) is 0 Å². The van der Waals surface area contributed by atoms with Crippen LogP contribution in [0.4, 0.5) is 0 Å². The number of rotatable bonds is 4. The average molecular weight is 331 g/mol. The molecule has 0 bridgehead atoms. The molecule has 0 heterocycles. The third-order valence-corrected chi connectivity index (χ3v) is 3.52. The summed E-state index contributed by atoms with van der Waals surface area (Å²) in [5.74, 6) is 0.490. The van der Waals surface area contributed by atoms with Crippen LogP contribution in [-0.4, -0.2) is 16.4 Å². The van der Waals surface area contributed by atoms with Crippen LogP contribution in [0.25, 0.3) is 0 Å². The first kappa shape index (κ1) is 13.5. The monoisotopic (exact) mass is 331 g/mol. The Hall–Kier alpha value is -0.580. The van der Waals surface area contributed by atoms with Crippen LogP contribution in [-0.2, 0) is 0 Å². The largest absolute Gasteiger partial charge is 0.348 e. The summed E-state index contributed by atoms with van der Waals surface area (Å²) < 4.78 is 0.937. The van der Waals surface area contributed by atoms with Crippen LogP contribution in [0.1, 0.15) is 29.8 Å². The summed E-state index contributed by atoms with van der Waals surface area (Å²) in [5, 5.41) is 3.06. The highest BCUT2D eigenvalue weighted by molar-refractivity contribution is 14.1. The number of benzene rings is 1. The summed E-state index contributed by atoms with van der Waals surface area (Å²) in [6.45, 7) is 6.24. The number of hydrogen-bond acceptors (Lipinski definition) is 1. The average Bonchev–Trinajstić information content (AvgIpc) is 2.25. The molecule has 88 valence electrons. The Morgan fingerprint density at radius 2 is 2.12 bits per heavy atom. The molecule has 1 atom stereocenters. The molecule has 0 radical (unpaired) electrons. The predicted molar refractivity (Wildman–Crippen MR) is 76.2 cm³/mol. The fraction of sp³-hybridized carbons (Fsp3) is 0.462. The second-order valence-electron chi connectivity index (χ2n) is 4.35. The van der Waals surface area contributed by atoms with Crippen LogP contribution in [0, 0.1) is 12.8 Å². The molecule has 0 saturated heterocycles. The second kappa shape index (κ2) is 6.23. The molecule has 0 aliphatic heterocycles. The molecule has 0 aliphatic carbocycles. The number of alkyl halides is 1. The quantitative estimate of drug-likeness (QED) is 0.666. The van der Waals surface area contributed by atoms with Crippen LogP contribution in [0.3, 0.4) is 0 Å². The summed E-state index contributed by atoms with van der Waals surface area (Å²) in [6.07, 6.45) is 0. The van der Waals surface area contributed by atoms with Crippen LogP contribution in [0.15, 0.2) is 24.3 Å². The Kier molecular flexibility index (Phi) is 5.25. The van der Waals surface area contributed by atoms with E-state index < -0.39 is 0 Å². The van der Waals surface area contributed by atoms with Crippen molar-refractivity contribution in [1.29, 1.82) is 0 Å². The lowest BCUT2D eigenvalue weighted by atomic mass is 10.1. The molecule has 1 amide bonds. The Morgan fingerprint density at radius 1 is 1.44 bits per heavy atom. The third kappa shape index (κ3) is 3.77. The first-order valence-electron chi connectivity index (χ1n) is 5.48. The van der Waals surface area contributed by atoms with E-state index in [2.05, 4.69) is 41.8 Å². The fourth-order valence-electron chi connectivity index (χ4n) is 1.42. The maximum Gasteiger partial charge on any atom is 0.251 e. The maximum absolute atomic E-state index is 12.0. The molecule has 1 aromatic rings. The molecule has 1 N–H and O–H groups in total. The molecular weight excluding hydrogens is 313 g/mol. The standard InChI is InChI=1S/C13H18INO/c1-9(2)12(8-14)15-13(16)11-6-4-5-10(3)7-11/h4-7,9,12H,8H2,1-3H3,(H,15,16). The lowest BCUT2D eigenvalue weighted by molar-refractivity contribution is 0.0932. The van der Waals surface area contributed by atoms with E-state index in [1.54, 1.807) is 0 Å². The predicted octanol–water partition coefficient (Wildman–Crippen LogP) is 3.18. The van der Waals surface area contributed by atoms with Gasteiger partial charge in [0.05, 0.1) is 0 Å². The highest BCUT2D eigenvalue weighted by Crippen LogP contribution is 2.08. The number of nitrogens with one attached hydrogen (secondary N) is 1. The zero-order valence-electron chi connectivity index (χ0n) is 9.96. The molecule has 1 unspecified atom stereocenters. The van der Waals surface area contributed by atoms with Gasteiger partial charge in [0.1, 0.15) is 0 Å². The Bertz CT molecular complexity index is 363. The topological polar surface area (TPSA) is 29.1 Å². The zero-order chi connectivity index (χ0) is 12.1.